The molecule has 0 saturated carbocycles. The van der Waals surface area contributed by atoms with E-state index in [1.165, 1.54) is 0 Å². The number of aromatic nitrogens is 2. The Morgan fingerprint density at radius 2 is 1.84 bits per heavy atom. The number of fused-ring (bicyclic) bond motifs is 1. The van der Waals surface area contributed by atoms with Crippen LogP contribution in [0.15, 0.2) is 48.5 Å². The molecule has 0 aliphatic rings. The summed E-state index contributed by atoms with van der Waals surface area (Å²) >= 11 is 7.73. The van der Waals surface area contributed by atoms with Gasteiger partial charge in [0.25, 0.3) is 0 Å². The van der Waals surface area contributed by atoms with Crippen molar-refractivity contribution >= 4 is 34.2 Å². The lowest BCUT2D eigenvalue weighted by Crippen LogP contribution is -1.95. The number of aryl methyl sites for hydroxylation is 2. The summed E-state index contributed by atoms with van der Waals surface area (Å²) in [5, 5.41) is 0.707. The third-order valence-corrected chi connectivity index (χ3v) is 5.65. The molecule has 4 rings (SSSR count). The van der Waals surface area contributed by atoms with E-state index in [0.717, 1.165) is 38.5 Å². The van der Waals surface area contributed by atoms with E-state index in [1.54, 1.807) is 11.3 Å². The number of rotatable bonds is 3. The van der Waals surface area contributed by atoms with Crippen LogP contribution < -0.4 is 0 Å². The predicted molar refractivity (Wildman–Crippen MR) is 104 cm³/mol. The summed E-state index contributed by atoms with van der Waals surface area (Å²) in [7, 11) is 0. The van der Waals surface area contributed by atoms with Crippen LogP contribution in [0.5, 0.6) is 0 Å². The largest absolute Gasteiger partial charge is 0.296 e. The number of carbonyl (C=O) groups is 1. The number of halogens is 1. The number of hydrogen-bond donors (Lipinski definition) is 0. The fourth-order valence-corrected chi connectivity index (χ4v) is 4.20. The minimum absolute atomic E-state index is 0.569. The Balaban J connectivity index is 2.01. The maximum Gasteiger partial charge on any atom is 0.195 e. The van der Waals surface area contributed by atoms with E-state index in [1.807, 2.05) is 47.7 Å². The minimum Gasteiger partial charge on any atom is -0.296 e. The van der Waals surface area contributed by atoms with Gasteiger partial charge in [0, 0.05) is 15.5 Å². The first-order valence-corrected chi connectivity index (χ1v) is 9.08. The van der Waals surface area contributed by atoms with Crippen LogP contribution >= 0.6 is 22.9 Å². The van der Waals surface area contributed by atoms with Crippen molar-refractivity contribution in [3.8, 4) is 22.5 Å². The number of carbonyl (C=O) groups excluding carboxylic acids is 1. The highest BCUT2D eigenvalue weighted by Gasteiger charge is 2.21. The molecule has 0 unspecified atom stereocenters. The number of imidazole rings is 1. The highest BCUT2D eigenvalue weighted by Crippen LogP contribution is 2.36. The Hall–Kier alpha value is -2.43. The zero-order valence-corrected chi connectivity index (χ0v) is 15.4. The van der Waals surface area contributed by atoms with Crippen molar-refractivity contribution in [2.75, 3.05) is 0 Å². The van der Waals surface area contributed by atoms with Crippen LogP contribution in [-0.4, -0.2) is 15.7 Å². The third kappa shape index (κ3) is 2.58. The molecule has 0 fully saturated rings. The number of aldehydes is 1. The number of nitrogens with zero attached hydrogens (tertiary/aromatic N) is 2. The molecular weight excluding hydrogens is 352 g/mol. The van der Waals surface area contributed by atoms with Gasteiger partial charge in [0.15, 0.2) is 11.2 Å². The van der Waals surface area contributed by atoms with Crippen LogP contribution in [0.25, 0.3) is 27.5 Å². The fraction of sp³-hybridized carbons (Fsp3) is 0.100. The van der Waals surface area contributed by atoms with Crippen LogP contribution in [-0.2, 0) is 0 Å². The molecule has 0 atom stereocenters. The van der Waals surface area contributed by atoms with Gasteiger partial charge in [-0.05, 0) is 37.1 Å². The normalized spacial score (nSPS) is 11.2. The molecular formula is C20H15ClN2OS. The smallest absolute Gasteiger partial charge is 0.195 e. The average molecular weight is 367 g/mol. The Kier molecular flexibility index (Phi) is 3.94. The highest BCUT2D eigenvalue weighted by molar-refractivity contribution is 7.17. The molecule has 0 saturated heterocycles. The monoisotopic (exact) mass is 366 g/mol. The lowest BCUT2D eigenvalue weighted by Gasteiger charge is -2.05. The number of benzene rings is 2. The summed E-state index contributed by atoms with van der Waals surface area (Å²) in [6, 6.07) is 15.8. The van der Waals surface area contributed by atoms with Gasteiger partial charge in [0.2, 0.25) is 0 Å². The first-order valence-electron chi connectivity index (χ1n) is 7.89. The van der Waals surface area contributed by atoms with Crippen LogP contribution in [0.2, 0.25) is 5.02 Å². The van der Waals surface area contributed by atoms with Crippen LogP contribution in [0.4, 0.5) is 0 Å². The van der Waals surface area contributed by atoms with Crippen LogP contribution in [0, 0.1) is 13.8 Å². The molecule has 0 radical (unpaired) electrons. The Morgan fingerprint density at radius 1 is 1.08 bits per heavy atom. The van der Waals surface area contributed by atoms with Gasteiger partial charge in [-0.15, -0.1) is 11.3 Å². The van der Waals surface area contributed by atoms with Crippen LogP contribution in [0.3, 0.4) is 0 Å². The average Bonchev–Trinajstić information content (AvgIpc) is 3.12. The van der Waals surface area contributed by atoms with Crippen molar-refractivity contribution in [3.05, 3.63) is 69.7 Å². The summed E-state index contributed by atoms with van der Waals surface area (Å²) in [4.78, 5) is 18.6. The molecule has 4 aromatic rings. The molecule has 0 spiro atoms. The zero-order chi connectivity index (χ0) is 17.6. The van der Waals surface area contributed by atoms with E-state index in [9.17, 15) is 4.79 Å². The van der Waals surface area contributed by atoms with Crippen molar-refractivity contribution in [1.82, 2.24) is 9.38 Å². The molecule has 0 aliphatic carbocycles. The maximum absolute atomic E-state index is 11.9. The molecule has 5 heteroatoms. The second kappa shape index (κ2) is 6.14. The lowest BCUT2D eigenvalue weighted by atomic mass is 10.1. The molecule has 3 nitrogen and oxygen atoms in total. The van der Waals surface area contributed by atoms with Gasteiger partial charge < -0.3 is 0 Å². The molecule has 2 aromatic carbocycles. The standard InChI is InChI=1S/C20H15ClN2OS/c1-12-10-15(8-9-16(12)21)18-17(11-24)23-19(13(2)25-20(23)22-18)14-6-4-3-5-7-14/h3-11H,1-2H3. The maximum atomic E-state index is 11.9. The molecule has 124 valence electrons. The van der Waals surface area contributed by atoms with Gasteiger partial charge in [0.1, 0.15) is 11.4 Å². The molecule has 0 N–H and O–H groups in total. The van der Waals surface area contributed by atoms with Crippen molar-refractivity contribution in [3.63, 3.8) is 0 Å². The molecule has 0 amide bonds. The zero-order valence-electron chi connectivity index (χ0n) is 13.8. The van der Waals surface area contributed by atoms with Crippen LogP contribution in [0.1, 0.15) is 20.9 Å². The van der Waals surface area contributed by atoms with E-state index in [0.29, 0.717) is 16.4 Å². The van der Waals surface area contributed by atoms with Crippen molar-refractivity contribution < 1.29 is 4.79 Å². The van der Waals surface area contributed by atoms with E-state index in [2.05, 4.69) is 19.1 Å². The number of hydrogen-bond acceptors (Lipinski definition) is 3. The summed E-state index contributed by atoms with van der Waals surface area (Å²) in [6.45, 7) is 4.01. The molecule has 0 aliphatic heterocycles. The van der Waals surface area contributed by atoms with Gasteiger partial charge >= 0.3 is 0 Å². The molecule has 0 bridgehead atoms. The lowest BCUT2D eigenvalue weighted by molar-refractivity contribution is 0.111. The van der Waals surface area contributed by atoms with Gasteiger partial charge in [-0.2, -0.15) is 0 Å². The van der Waals surface area contributed by atoms with Gasteiger partial charge in [0.05, 0.1) is 5.69 Å². The fourth-order valence-electron chi connectivity index (χ4n) is 3.08. The third-order valence-electron chi connectivity index (χ3n) is 4.27. The molecule has 2 aromatic heterocycles. The van der Waals surface area contributed by atoms with E-state index in [4.69, 9.17) is 16.6 Å². The molecule has 25 heavy (non-hydrogen) atoms. The van der Waals surface area contributed by atoms with Crippen molar-refractivity contribution in [2.45, 2.75) is 13.8 Å². The van der Waals surface area contributed by atoms with Crippen molar-refractivity contribution in [2.24, 2.45) is 0 Å². The predicted octanol–water partition coefficient (Wildman–Crippen LogP) is 5.81. The topological polar surface area (TPSA) is 34.4 Å². The van der Waals surface area contributed by atoms with Gasteiger partial charge in [-0.25, -0.2) is 4.98 Å². The van der Waals surface area contributed by atoms with Gasteiger partial charge in [-0.3, -0.25) is 9.20 Å². The Labute approximate surface area is 154 Å². The summed E-state index contributed by atoms with van der Waals surface area (Å²) < 4.78 is 1.96. The van der Waals surface area contributed by atoms with Gasteiger partial charge in [-0.1, -0.05) is 48.0 Å². The first kappa shape index (κ1) is 16.1. The summed E-state index contributed by atoms with van der Waals surface area (Å²) in [5.41, 5.74) is 5.22. The summed E-state index contributed by atoms with van der Waals surface area (Å²) in [6.07, 6.45) is 0.887. The second-order valence-electron chi connectivity index (χ2n) is 5.92. The quantitative estimate of drug-likeness (QED) is 0.428. The Morgan fingerprint density at radius 3 is 2.52 bits per heavy atom. The second-order valence-corrected chi connectivity index (χ2v) is 7.51. The summed E-state index contributed by atoms with van der Waals surface area (Å²) in [5.74, 6) is 0. The first-order chi connectivity index (χ1) is 12.1. The molecule has 2 heterocycles. The minimum atomic E-state index is 0.569. The van der Waals surface area contributed by atoms with E-state index >= 15 is 0 Å². The SMILES string of the molecule is Cc1cc(-c2nc3sc(C)c(-c4ccccc4)n3c2C=O)ccc1Cl. The van der Waals surface area contributed by atoms with E-state index in [-0.39, 0.29) is 0 Å². The number of thiazole rings is 1. The Bertz CT molecular complexity index is 1100. The van der Waals surface area contributed by atoms with Crippen molar-refractivity contribution in [1.29, 1.82) is 0 Å². The highest BCUT2D eigenvalue weighted by atomic mass is 35.5. The van der Waals surface area contributed by atoms with E-state index < -0.39 is 0 Å².